The average Bonchev–Trinajstić information content (AvgIpc) is 2.48. The minimum Gasteiger partial charge on any atom is -0.667 e. The topological polar surface area (TPSA) is 56.7 Å². The molecular formula is C10H9N2ORh-. The van der Waals surface area contributed by atoms with Crippen molar-refractivity contribution in [2.24, 2.45) is 0 Å². The third-order valence-electron chi connectivity index (χ3n) is 2.03. The number of carbonyl (C=O) groups is 1. The maximum atomic E-state index is 10.6. The van der Waals surface area contributed by atoms with Gasteiger partial charge in [-0.1, -0.05) is 18.2 Å². The molecule has 0 atom stereocenters. The maximum Gasteiger partial charge on any atom is 0.0533 e. The van der Waals surface area contributed by atoms with Crippen LogP contribution in [0.3, 0.4) is 0 Å². The monoisotopic (exact) mass is 276 g/mol. The Bertz CT molecular complexity index is 450. The minimum absolute atomic E-state index is 0. The van der Waals surface area contributed by atoms with E-state index in [0.29, 0.717) is 0 Å². The second-order valence-electron chi connectivity index (χ2n) is 2.96. The largest absolute Gasteiger partial charge is 0.667 e. The van der Waals surface area contributed by atoms with Crippen LogP contribution in [0.4, 0.5) is 0 Å². The Morgan fingerprint density at radius 2 is 2.07 bits per heavy atom. The van der Waals surface area contributed by atoms with Crippen LogP contribution in [0.15, 0.2) is 30.5 Å². The van der Waals surface area contributed by atoms with Crippen molar-refractivity contribution in [3.8, 4) is 0 Å². The van der Waals surface area contributed by atoms with Crippen molar-refractivity contribution in [3.05, 3.63) is 41.8 Å². The first-order valence-corrected chi connectivity index (χ1v) is 4.07. The molecule has 75 valence electrons. The van der Waals surface area contributed by atoms with E-state index < -0.39 is 5.91 Å². The fourth-order valence-corrected chi connectivity index (χ4v) is 1.45. The molecule has 3 nitrogen and oxygen atoms in total. The number of benzene rings is 1. The van der Waals surface area contributed by atoms with Gasteiger partial charge in [0.2, 0.25) is 0 Å². The van der Waals surface area contributed by atoms with Gasteiger partial charge in [-0.05, 0) is 11.6 Å². The molecule has 1 heterocycles. The van der Waals surface area contributed by atoms with Crippen molar-refractivity contribution in [1.29, 1.82) is 0 Å². The van der Waals surface area contributed by atoms with Crippen molar-refractivity contribution in [1.82, 2.24) is 4.98 Å². The summed E-state index contributed by atoms with van der Waals surface area (Å²) in [6.07, 6.45) is 1.97. The molecule has 1 radical (unpaired) electrons. The second-order valence-corrected chi connectivity index (χ2v) is 2.96. The predicted octanol–water partition coefficient (Wildman–Crippen LogP) is 2.29. The van der Waals surface area contributed by atoms with Gasteiger partial charge in [0.1, 0.15) is 0 Å². The van der Waals surface area contributed by atoms with Crippen molar-refractivity contribution < 1.29 is 24.3 Å². The van der Waals surface area contributed by atoms with Crippen LogP contribution in [0.2, 0.25) is 0 Å². The smallest absolute Gasteiger partial charge is 0.0533 e. The molecule has 0 aliphatic rings. The maximum absolute atomic E-state index is 10.6. The van der Waals surface area contributed by atoms with Crippen LogP contribution in [0.1, 0.15) is 5.56 Å². The number of amides is 1. The number of hydrogen-bond donors (Lipinski definition) is 1. The van der Waals surface area contributed by atoms with E-state index in [1.807, 2.05) is 24.3 Å². The number of aromatic nitrogens is 1. The van der Waals surface area contributed by atoms with E-state index in [1.54, 1.807) is 6.20 Å². The van der Waals surface area contributed by atoms with Crippen LogP contribution in [0, 0.1) is 0 Å². The summed E-state index contributed by atoms with van der Waals surface area (Å²) in [5, 5.41) is 1.03. The Kier molecular flexibility index (Phi) is 3.42. The molecule has 0 spiro atoms. The Labute approximate surface area is 94.4 Å². The summed E-state index contributed by atoms with van der Waals surface area (Å²) in [7, 11) is 0. The summed E-state index contributed by atoms with van der Waals surface area (Å²) >= 11 is 0. The Morgan fingerprint density at radius 3 is 2.79 bits per heavy atom. The molecule has 0 unspecified atom stereocenters. The first-order valence-electron chi connectivity index (χ1n) is 4.07. The van der Waals surface area contributed by atoms with E-state index >= 15 is 0 Å². The number of H-pyrrole nitrogens is 1. The summed E-state index contributed by atoms with van der Waals surface area (Å²) in [5.41, 5.74) is 8.79. The third-order valence-corrected chi connectivity index (χ3v) is 2.03. The zero-order valence-electron chi connectivity index (χ0n) is 7.34. The molecule has 1 aromatic heterocycles. The van der Waals surface area contributed by atoms with Gasteiger partial charge in [-0.3, -0.25) is 0 Å². The first kappa shape index (κ1) is 10.9. The summed E-state index contributed by atoms with van der Waals surface area (Å²) in [4.78, 5) is 13.7. The van der Waals surface area contributed by atoms with Crippen LogP contribution in [0.25, 0.3) is 16.6 Å². The van der Waals surface area contributed by atoms with Crippen LogP contribution < -0.4 is 0 Å². The molecule has 14 heavy (non-hydrogen) atoms. The van der Waals surface area contributed by atoms with Crippen molar-refractivity contribution in [3.63, 3.8) is 0 Å². The van der Waals surface area contributed by atoms with Gasteiger partial charge in [-0.15, -0.1) is 0 Å². The molecule has 0 aliphatic heterocycles. The van der Waals surface area contributed by atoms with Crippen LogP contribution >= 0.6 is 0 Å². The molecular weight excluding hydrogens is 267 g/mol. The van der Waals surface area contributed by atoms with Gasteiger partial charge in [0.25, 0.3) is 0 Å². The zero-order chi connectivity index (χ0) is 9.26. The minimum atomic E-state index is -0.551. The second kappa shape index (κ2) is 4.38. The third kappa shape index (κ3) is 2.02. The number of fused-ring (bicyclic) bond motifs is 1. The van der Waals surface area contributed by atoms with Gasteiger partial charge in [0, 0.05) is 43.0 Å². The Morgan fingerprint density at radius 1 is 1.36 bits per heavy atom. The van der Waals surface area contributed by atoms with Gasteiger partial charge in [0.05, 0.1) is 5.91 Å². The molecule has 0 fully saturated rings. The van der Waals surface area contributed by atoms with Crippen molar-refractivity contribution >= 4 is 16.8 Å². The van der Waals surface area contributed by atoms with E-state index in [-0.39, 0.29) is 25.9 Å². The molecule has 1 aromatic carbocycles. The molecule has 2 aromatic rings. The van der Waals surface area contributed by atoms with E-state index in [0.717, 1.165) is 16.5 Å². The summed E-state index contributed by atoms with van der Waals surface area (Å²) in [6.45, 7) is 0. The van der Waals surface area contributed by atoms with Gasteiger partial charge in [-0.25, -0.2) is 0 Å². The van der Waals surface area contributed by atoms with Gasteiger partial charge in [-0.2, -0.15) is 0 Å². The number of hydrogen-bond acceptors (Lipinski definition) is 1. The number of nitrogens with one attached hydrogen (secondary N) is 2. The summed E-state index contributed by atoms with van der Waals surface area (Å²) in [6, 6.07) is 7.76. The average molecular weight is 276 g/mol. The van der Waals surface area contributed by atoms with Gasteiger partial charge >= 0.3 is 0 Å². The number of rotatable bonds is 2. The SMILES string of the molecule is [NH-]C(=O)Cc1c[nH]c2ccccc12.[Rh]. The van der Waals surface area contributed by atoms with E-state index in [1.165, 1.54) is 0 Å². The summed E-state index contributed by atoms with van der Waals surface area (Å²) < 4.78 is 0. The van der Waals surface area contributed by atoms with Gasteiger partial charge in [0.15, 0.2) is 0 Å². The first-order chi connectivity index (χ1) is 6.27. The van der Waals surface area contributed by atoms with E-state index in [2.05, 4.69) is 4.98 Å². The fraction of sp³-hybridized carbons (Fsp3) is 0.100. The van der Waals surface area contributed by atoms with Crippen molar-refractivity contribution in [2.75, 3.05) is 0 Å². The quantitative estimate of drug-likeness (QED) is 0.840. The molecule has 2 N–H and O–H groups in total. The van der Waals surface area contributed by atoms with E-state index in [4.69, 9.17) is 5.73 Å². The molecule has 1 amide bonds. The Hall–Kier alpha value is -1.15. The van der Waals surface area contributed by atoms with Crippen molar-refractivity contribution in [2.45, 2.75) is 6.42 Å². The van der Waals surface area contributed by atoms with Crippen LogP contribution in [0.5, 0.6) is 0 Å². The van der Waals surface area contributed by atoms with E-state index in [9.17, 15) is 4.79 Å². The normalized spacial score (nSPS) is 9.71. The molecule has 2 rings (SSSR count). The number of carbonyl (C=O) groups excluding carboxylic acids is 1. The fourth-order valence-electron chi connectivity index (χ4n) is 1.45. The zero-order valence-corrected chi connectivity index (χ0v) is 8.97. The van der Waals surface area contributed by atoms with Crippen LogP contribution in [-0.4, -0.2) is 10.9 Å². The number of para-hydroxylation sites is 1. The molecule has 0 saturated heterocycles. The van der Waals surface area contributed by atoms with Gasteiger partial charge < -0.3 is 15.5 Å². The molecule has 0 saturated carbocycles. The Balaban J connectivity index is 0.000000980. The standard InChI is InChI=1S/C10H10N2O.Rh/c11-10(13)5-7-6-12-9-4-2-1-3-8(7)9;/h1-4,6,12H,5H2,(H2,11,13);/p-1. The van der Waals surface area contributed by atoms with Crippen LogP contribution in [-0.2, 0) is 30.7 Å². The predicted molar refractivity (Wildman–Crippen MR) is 51.3 cm³/mol. The summed E-state index contributed by atoms with van der Waals surface area (Å²) in [5.74, 6) is -0.551. The molecule has 0 aliphatic carbocycles. The number of aromatic amines is 1. The molecule has 0 bridgehead atoms. The molecule has 4 heteroatoms.